The lowest BCUT2D eigenvalue weighted by molar-refractivity contribution is -0.346. The number of hydrogen-bond donors (Lipinski definition) is 6. The summed E-state index contributed by atoms with van der Waals surface area (Å²) in [6.07, 6.45) is -6.59. The van der Waals surface area contributed by atoms with Crippen molar-refractivity contribution in [2.45, 2.75) is 62.0 Å². The molecule has 0 radical (unpaired) electrons. The van der Waals surface area contributed by atoms with Crippen LogP contribution in [0.1, 0.15) is 23.7 Å². The molecule has 1 saturated carbocycles. The highest BCUT2D eigenvalue weighted by atomic mass is 16.8. The molecule has 1 aromatic rings. The predicted molar refractivity (Wildman–Crippen MR) is 122 cm³/mol. The van der Waals surface area contributed by atoms with Crippen LogP contribution < -0.4 is 9.47 Å². The van der Waals surface area contributed by atoms with Crippen molar-refractivity contribution in [3.63, 3.8) is 0 Å². The van der Waals surface area contributed by atoms with Crippen molar-refractivity contribution in [2.75, 3.05) is 20.8 Å². The fourth-order valence-corrected chi connectivity index (χ4v) is 5.11. The van der Waals surface area contributed by atoms with Gasteiger partial charge in [0.05, 0.1) is 44.2 Å². The third-order valence-electron chi connectivity index (χ3n) is 7.07. The molecule has 2 fully saturated rings. The number of aromatic hydroxyl groups is 1. The quantitative estimate of drug-likeness (QED) is 0.236. The molecule has 13 nitrogen and oxygen atoms in total. The zero-order valence-corrected chi connectivity index (χ0v) is 20.5. The third kappa shape index (κ3) is 5.08. The molecule has 2 heterocycles. The van der Waals surface area contributed by atoms with Crippen LogP contribution in [0.25, 0.3) is 0 Å². The summed E-state index contributed by atoms with van der Waals surface area (Å²) in [6, 6.07) is 2.60. The maximum absolute atomic E-state index is 13.0. The van der Waals surface area contributed by atoms with Crippen molar-refractivity contribution in [1.82, 2.24) is 0 Å². The molecule has 206 valence electrons. The Kier molecular flexibility index (Phi) is 7.85. The molecule has 37 heavy (non-hydrogen) atoms. The predicted octanol–water partition coefficient (Wildman–Crippen LogP) is -0.992. The number of carbonyl (C=O) groups is 1. The molecule has 0 aromatic heterocycles. The van der Waals surface area contributed by atoms with Crippen LogP contribution in [0.4, 0.5) is 0 Å². The lowest BCUT2D eigenvalue weighted by Gasteiger charge is -2.43. The molecule has 0 spiro atoms. The molecule has 0 amide bonds. The van der Waals surface area contributed by atoms with Gasteiger partial charge < -0.3 is 59.1 Å². The van der Waals surface area contributed by atoms with Gasteiger partial charge in [0, 0.05) is 12.3 Å². The van der Waals surface area contributed by atoms with Gasteiger partial charge in [-0.1, -0.05) is 0 Å². The minimum absolute atomic E-state index is 0.0153. The first kappa shape index (κ1) is 27.4. The molecule has 0 bridgehead atoms. The second-order valence-electron chi connectivity index (χ2n) is 9.50. The summed E-state index contributed by atoms with van der Waals surface area (Å²) in [5.74, 6) is -2.34. The van der Waals surface area contributed by atoms with E-state index in [4.69, 9.17) is 28.4 Å². The Morgan fingerprint density at radius 1 is 1.08 bits per heavy atom. The van der Waals surface area contributed by atoms with Gasteiger partial charge in [-0.05, 0) is 25.1 Å². The van der Waals surface area contributed by atoms with Crippen LogP contribution in [-0.4, -0.2) is 106 Å². The smallest absolute Gasteiger partial charge is 0.338 e. The number of ether oxygens (including phenoxy) is 6. The van der Waals surface area contributed by atoms with E-state index in [2.05, 4.69) is 0 Å². The van der Waals surface area contributed by atoms with Gasteiger partial charge in [-0.2, -0.15) is 0 Å². The van der Waals surface area contributed by atoms with E-state index in [1.54, 1.807) is 6.08 Å². The van der Waals surface area contributed by atoms with E-state index < -0.39 is 73.1 Å². The number of phenolic OH excluding ortho intramolecular Hbond substituents is 1. The normalized spacial score (nSPS) is 39.0. The average Bonchev–Trinajstić information content (AvgIpc) is 3.14. The van der Waals surface area contributed by atoms with Crippen molar-refractivity contribution < 1.29 is 63.9 Å². The molecule has 6 N–H and O–H groups in total. The highest BCUT2D eigenvalue weighted by Gasteiger charge is 2.58. The number of methoxy groups -OCH3 is 2. The van der Waals surface area contributed by atoms with Crippen molar-refractivity contribution in [1.29, 1.82) is 0 Å². The Morgan fingerprint density at radius 3 is 2.32 bits per heavy atom. The summed E-state index contributed by atoms with van der Waals surface area (Å²) in [5.41, 5.74) is -1.40. The molecule has 1 aliphatic carbocycles. The molecule has 10 atom stereocenters. The van der Waals surface area contributed by atoms with Gasteiger partial charge in [0.15, 0.2) is 17.8 Å². The van der Waals surface area contributed by atoms with E-state index in [0.29, 0.717) is 0 Å². The molecular weight excluding hydrogens is 496 g/mol. The van der Waals surface area contributed by atoms with Crippen LogP contribution in [0.3, 0.4) is 0 Å². The van der Waals surface area contributed by atoms with Crippen LogP contribution in [0.2, 0.25) is 0 Å². The number of carbonyl (C=O) groups excluding carboxylic acids is 1. The Morgan fingerprint density at radius 2 is 1.73 bits per heavy atom. The maximum atomic E-state index is 13.0. The highest BCUT2D eigenvalue weighted by molar-refractivity contribution is 5.91. The highest BCUT2D eigenvalue weighted by Crippen LogP contribution is 2.48. The SMILES string of the molecule is COc1cc(C(=O)O[C@H]2C[C@@](C)(O)[C@@H]3[C@@H](O[C@H]4O[C@@H](CO)[C@H](O)[C@@H](O)[C@@H]4O)OC=C[C@@H]32)cc(OC)c1O. The molecule has 2 aliphatic heterocycles. The second kappa shape index (κ2) is 10.6. The average molecular weight is 529 g/mol. The summed E-state index contributed by atoms with van der Waals surface area (Å²) >= 11 is 0. The molecule has 4 rings (SSSR count). The summed E-state index contributed by atoms with van der Waals surface area (Å²) in [6.45, 7) is 0.891. The maximum Gasteiger partial charge on any atom is 0.338 e. The molecule has 13 heteroatoms. The lowest BCUT2D eigenvalue weighted by Crippen LogP contribution is -2.60. The number of fused-ring (bicyclic) bond motifs is 1. The fourth-order valence-electron chi connectivity index (χ4n) is 5.11. The van der Waals surface area contributed by atoms with E-state index in [1.165, 1.54) is 39.5 Å². The number of aliphatic hydroxyl groups is 5. The van der Waals surface area contributed by atoms with E-state index in [1.807, 2.05) is 0 Å². The minimum atomic E-state index is -1.66. The van der Waals surface area contributed by atoms with Crippen molar-refractivity contribution in [3.8, 4) is 17.2 Å². The first-order valence-corrected chi connectivity index (χ1v) is 11.7. The van der Waals surface area contributed by atoms with E-state index >= 15 is 0 Å². The van der Waals surface area contributed by atoms with E-state index in [9.17, 15) is 35.4 Å². The van der Waals surface area contributed by atoms with E-state index in [0.717, 1.165) is 0 Å². The number of aliphatic hydroxyl groups excluding tert-OH is 4. The van der Waals surface area contributed by atoms with Gasteiger partial charge in [0.1, 0.15) is 30.5 Å². The Hall–Kier alpha value is -2.65. The fraction of sp³-hybridized carbons (Fsp3) is 0.625. The van der Waals surface area contributed by atoms with Crippen LogP contribution in [0, 0.1) is 11.8 Å². The second-order valence-corrected chi connectivity index (χ2v) is 9.50. The molecule has 3 aliphatic rings. The van der Waals surface area contributed by atoms with E-state index in [-0.39, 0.29) is 29.2 Å². The number of hydrogen-bond acceptors (Lipinski definition) is 13. The van der Waals surface area contributed by atoms with Crippen LogP contribution in [0.15, 0.2) is 24.5 Å². The molecule has 1 aromatic carbocycles. The molecule has 1 saturated heterocycles. The van der Waals surface area contributed by atoms with Crippen molar-refractivity contribution >= 4 is 5.97 Å². The molecular formula is C24H32O13. The van der Waals surface area contributed by atoms with Gasteiger partial charge in [0.25, 0.3) is 0 Å². The van der Waals surface area contributed by atoms with Gasteiger partial charge in [-0.15, -0.1) is 0 Å². The van der Waals surface area contributed by atoms with Crippen LogP contribution >= 0.6 is 0 Å². The lowest BCUT2D eigenvalue weighted by atomic mass is 9.85. The zero-order valence-electron chi connectivity index (χ0n) is 20.5. The largest absolute Gasteiger partial charge is 0.502 e. The van der Waals surface area contributed by atoms with Crippen molar-refractivity contribution in [2.24, 2.45) is 11.8 Å². The summed E-state index contributed by atoms with van der Waals surface area (Å²) in [4.78, 5) is 13.0. The number of phenols is 1. The summed E-state index contributed by atoms with van der Waals surface area (Å²) in [7, 11) is 2.65. The Bertz CT molecular complexity index is 983. The third-order valence-corrected chi connectivity index (χ3v) is 7.07. The number of rotatable bonds is 7. The first-order chi connectivity index (χ1) is 17.5. The standard InChI is InChI=1S/C24H32O13/c1-24(31)8-14(35-21(30)10-6-12(32-2)17(26)13(7-10)33-3)11-4-5-34-22(16(11)24)37-23-20(29)19(28)18(27)15(9-25)36-23/h4-7,11,14-16,18-20,22-23,25-29,31H,8-9H2,1-3H3/t11-,14+,15+,16+,18+,19-,20+,22-,23-,24-/m1/s1. The van der Waals surface area contributed by atoms with Gasteiger partial charge in [-0.25, -0.2) is 4.79 Å². The Balaban J connectivity index is 1.52. The van der Waals surface area contributed by atoms with Gasteiger partial charge >= 0.3 is 5.97 Å². The zero-order chi connectivity index (χ0) is 27.1. The monoisotopic (exact) mass is 528 g/mol. The van der Waals surface area contributed by atoms with Gasteiger partial charge in [0.2, 0.25) is 12.0 Å². The van der Waals surface area contributed by atoms with Gasteiger partial charge in [-0.3, -0.25) is 0 Å². The molecule has 0 unspecified atom stereocenters. The number of benzene rings is 1. The van der Waals surface area contributed by atoms with Crippen LogP contribution in [0.5, 0.6) is 17.2 Å². The minimum Gasteiger partial charge on any atom is -0.502 e. The topological polar surface area (TPSA) is 194 Å². The van der Waals surface area contributed by atoms with Crippen molar-refractivity contribution in [3.05, 3.63) is 30.0 Å². The Labute approximate surface area is 212 Å². The summed E-state index contributed by atoms with van der Waals surface area (Å²) < 4.78 is 32.6. The summed E-state index contributed by atoms with van der Waals surface area (Å²) in [5, 5.41) is 61.1. The van der Waals surface area contributed by atoms with Crippen LogP contribution in [-0.2, 0) is 18.9 Å². The first-order valence-electron chi connectivity index (χ1n) is 11.7. The number of esters is 1.